The summed E-state index contributed by atoms with van der Waals surface area (Å²) in [5.74, 6) is 1.38. The van der Waals surface area contributed by atoms with Crippen molar-refractivity contribution < 1.29 is 0 Å². The van der Waals surface area contributed by atoms with Gasteiger partial charge in [-0.1, -0.05) is 30.7 Å². The van der Waals surface area contributed by atoms with Gasteiger partial charge in [0.15, 0.2) is 5.96 Å². The summed E-state index contributed by atoms with van der Waals surface area (Å²) in [4.78, 5) is 10.1. The summed E-state index contributed by atoms with van der Waals surface area (Å²) in [7, 11) is 1.81. The lowest BCUT2D eigenvalue weighted by Crippen LogP contribution is -2.39. The minimum absolute atomic E-state index is 0. The highest BCUT2D eigenvalue weighted by Crippen LogP contribution is 2.41. The third-order valence-corrected chi connectivity index (χ3v) is 5.63. The number of hydrogen-bond donors (Lipinski definition) is 2. The van der Waals surface area contributed by atoms with E-state index in [1.807, 2.05) is 25.4 Å². The van der Waals surface area contributed by atoms with Crippen molar-refractivity contribution in [3.63, 3.8) is 0 Å². The fourth-order valence-corrected chi connectivity index (χ4v) is 3.81. The van der Waals surface area contributed by atoms with E-state index in [2.05, 4.69) is 39.7 Å². The molecule has 25 heavy (non-hydrogen) atoms. The Kier molecular flexibility index (Phi) is 7.96. The molecule has 0 spiro atoms. The maximum absolute atomic E-state index is 6.07. The number of rotatable bonds is 6. The smallest absolute Gasteiger partial charge is 0.191 e. The number of thiazole rings is 1. The van der Waals surface area contributed by atoms with Crippen molar-refractivity contribution in [2.75, 3.05) is 13.6 Å². The summed E-state index contributed by atoms with van der Waals surface area (Å²) in [6, 6.07) is 8.55. The van der Waals surface area contributed by atoms with E-state index in [1.165, 1.54) is 15.4 Å². The molecule has 4 nitrogen and oxygen atoms in total. The number of benzene rings is 1. The minimum Gasteiger partial charge on any atom is -0.356 e. The van der Waals surface area contributed by atoms with Gasteiger partial charge in [-0.05, 0) is 30.5 Å². The standard InChI is InChI=1S/C18H23ClN4S.HI/c1-3-14-11-22-17(24-14)7-8-21-18(20-2)23-16-10-15(16)12-5-4-6-13(19)9-12;/h4-6,9,11,15-16H,3,7-8,10H2,1-2H3,(H2,20,21,23);1H. The van der Waals surface area contributed by atoms with Gasteiger partial charge in [0.2, 0.25) is 0 Å². The molecule has 0 aliphatic heterocycles. The molecule has 0 saturated heterocycles. The van der Waals surface area contributed by atoms with Crippen LogP contribution >= 0.6 is 46.9 Å². The van der Waals surface area contributed by atoms with E-state index in [0.29, 0.717) is 12.0 Å². The molecule has 1 aliphatic rings. The predicted molar refractivity (Wildman–Crippen MR) is 118 cm³/mol. The van der Waals surface area contributed by atoms with Crippen molar-refractivity contribution >= 4 is 52.9 Å². The molecule has 1 heterocycles. The third kappa shape index (κ3) is 5.82. The van der Waals surface area contributed by atoms with Crippen LogP contribution in [-0.4, -0.2) is 30.6 Å². The van der Waals surface area contributed by atoms with E-state index in [4.69, 9.17) is 11.6 Å². The molecule has 1 fully saturated rings. The second kappa shape index (κ2) is 9.73. The zero-order valence-corrected chi connectivity index (χ0v) is 18.4. The van der Waals surface area contributed by atoms with E-state index in [0.717, 1.165) is 36.8 Å². The van der Waals surface area contributed by atoms with Gasteiger partial charge in [0.1, 0.15) is 0 Å². The first-order valence-corrected chi connectivity index (χ1v) is 9.55. The van der Waals surface area contributed by atoms with Crippen LogP contribution in [0, 0.1) is 0 Å². The lowest BCUT2D eigenvalue weighted by molar-refractivity contribution is 0.778. The van der Waals surface area contributed by atoms with Crippen molar-refractivity contribution in [3.8, 4) is 0 Å². The number of aliphatic imine (C=N–C) groups is 1. The predicted octanol–water partition coefficient (Wildman–Crippen LogP) is 4.24. The summed E-state index contributed by atoms with van der Waals surface area (Å²) in [6.07, 6.45) is 5.08. The van der Waals surface area contributed by atoms with Gasteiger partial charge >= 0.3 is 0 Å². The third-order valence-electron chi connectivity index (χ3n) is 4.19. The second-order valence-electron chi connectivity index (χ2n) is 5.97. The van der Waals surface area contributed by atoms with Gasteiger partial charge in [0, 0.05) is 48.1 Å². The molecule has 2 N–H and O–H groups in total. The van der Waals surface area contributed by atoms with Gasteiger partial charge in [-0.25, -0.2) is 4.98 Å². The van der Waals surface area contributed by atoms with Gasteiger partial charge in [-0.15, -0.1) is 35.3 Å². The zero-order chi connectivity index (χ0) is 16.9. The number of halogens is 2. The van der Waals surface area contributed by atoms with E-state index in [-0.39, 0.29) is 24.0 Å². The molecule has 1 aliphatic carbocycles. The van der Waals surface area contributed by atoms with Gasteiger partial charge in [0.25, 0.3) is 0 Å². The topological polar surface area (TPSA) is 49.3 Å². The molecule has 3 rings (SSSR count). The summed E-state index contributed by atoms with van der Waals surface area (Å²) in [5.41, 5.74) is 1.30. The maximum Gasteiger partial charge on any atom is 0.191 e. The molecular formula is C18H24ClIN4S. The molecule has 2 unspecified atom stereocenters. The lowest BCUT2D eigenvalue weighted by Gasteiger charge is -2.11. The normalized spacial score (nSPS) is 19.2. The fourth-order valence-electron chi connectivity index (χ4n) is 2.75. The molecular weight excluding hydrogens is 467 g/mol. The van der Waals surface area contributed by atoms with Gasteiger partial charge in [-0.3, -0.25) is 4.99 Å². The highest BCUT2D eigenvalue weighted by molar-refractivity contribution is 14.0. The Labute approximate surface area is 175 Å². The van der Waals surface area contributed by atoms with Gasteiger partial charge < -0.3 is 10.6 Å². The number of nitrogens with zero attached hydrogens (tertiary/aromatic N) is 2. The average molecular weight is 491 g/mol. The Hall–Kier alpha value is -0.860. The number of nitrogens with one attached hydrogen (secondary N) is 2. The van der Waals surface area contributed by atoms with E-state index in [1.54, 1.807) is 11.3 Å². The minimum atomic E-state index is 0. The molecule has 0 radical (unpaired) electrons. The average Bonchev–Trinajstić information content (AvgIpc) is 3.21. The molecule has 2 atom stereocenters. The molecule has 1 aromatic carbocycles. The molecule has 7 heteroatoms. The van der Waals surface area contributed by atoms with Crippen LogP contribution in [0.15, 0.2) is 35.5 Å². The van der Waals surface area contributed by atoms with Gasteiger partial charge in [-0.2, -0.15) is 0 Å². The SMILES string of the molecule is CCc1cnc(CCNC(=NC)NC2CC2c2cccc(Cl)c2)s1.I. The zero-order valence-electron chi connectivity index (χ0n) is 14.5. The van der Waals surface area contributed by atoms with Crippen molar-refractivity contribution in [3.05, 3.63) is 50.9 Å². The highest BCUT2D eigenvalue weighted by atomic mass is 127. The van der Waals surface area contributed by atoms with Crippen LogP contribution in [0.3, 0.4) is 0 Å². The Balaban J connectivity index is 0.00000225. The molecule has 136 valence electrons. The van der Waals surface area contributed by atoms with Gasteiger partial charge in [0.05, 0.1) is 5.01 Å². The maximum atomic E-state index is 6.07. The summed E-state index contributed by atoms with van der Waals surface area (Å²) in [5, 5.41) is 8.85. The Bertz CT molecular complexity index is 719. The first kappa shape index (κ1) is 20.5. The molecule has 0 amide bonds. The van der Waals surface area contributed by atoms with E-state index in [9.17, 15) is 0 Å². The number of hydrogen-bond acceptors (Lipinski definition) is 3. The Morgan fingerprint density at radius 3 is 2.96 bits per heavy atom. The van der Waals surface area contributed by atoms with Crippen molar-refractivity contribution in [1.82, 2.24) is 15.6 Å². The Morgan fingerprint density at radius 2 is 2.28 bits per heavy atom. The summed E-state index contributed by atoms with van der Waals surface area (Å²) >= 11 is 7.87. The van der Waals surface area contributed by atoms with Crippen molar-refractivity contribution in [2.24, 2.45) is 4.99 Å². The van der Waals surface area contributed by atoms with Crippen molar-refractivity contribution in [1.29, 1.82) is 0 Å². The van der Waals surface area contributed by atoms with E-state index < -0.39 is 0 Å². The van der Waals surface area contributed by atoms with E-state index >= 15 is 0 Å². The molecule has 2 aromatic rings. The first-order valence-electron chi connectivity index (χ1n) is 8.35. The van der Waals surface area contributed by atoms with Crippen LogP contribution in [0.25, 0.3) is 0 Å². The van der Waals surface area contributed by atoms with Crippen LogP contribution in [-0.2, 0) is 12.8 Å². The number of aryl methyl sites for hydroxylation is 1. The molecule has 1 aromatic heterocycles. The van der Waals surface area contributed by atoms with Crippen LogP contribution in [0.5, 0.6) is 0 Å². The highest BCUT2D eigenvalue weighted by Gasteiger charge is 2.39. The number of aromatic nitrogens is 1. The first-order chi connectivity index (χ1) is 11.7. The number of guanidine groups is 1. The lowest BCUT2D eigenvalue weighted by atomic mass is 10.1. The Morgan fingerprint density at radius 1 is 1.44 bits per heavy atom. The van der Waals surface area contributed by atoms with Crippen LogP contribution in [0.2, 0.25) is 5.02 Å². The fraction of sp³-hybridized carbons (Fsp3) is 0.444. The molecule has 1 saturated carbocycles. The molecule has 0 bridgehead atoms. The quantitative estimate of drug-likeness (QED) is 0.362. The van der Waals surface area contributed by atoms with Crippen molar-refractivity contribution in [2.45, 2.75) is 38.1 Å². The monoisotopic (exact) mass is 490 g/mol. The largest absolute Gasteiger partial charge is 0.356 e. The summed E-state index contributed by atoms with van der Waals surface area (Å²) < 4.78 is 0. The van der Waals surface area contributed by atoms with Crippen LogP contribution in [0.4, 0.5) is 0 Å². The van der Waals surface area contributed by atoms with Crippen LogP contribution in [0.1, 0.15) is 34.7 Å². The second-order valence-corrected chi connectivity index (χ2v) is 7.61. The summed E-state index contributed by atoms with van der Waals surface area (Å²) in [6.45, 7) is 3.00. The van der Waals surface area contributed by atoms with Crippen LogP contribution < -0.4 is 10.6 Å².